The molecule has 0 bridgehead atoms. The molecule has 1 amide bonds. The minimum Gasteiger partial charge on any atom is -0.341 e. The normalized spacial score (nSPS) is 20.0. The summed E-state index contributed by atoms with van der Waals surface area (Å²) in [6.45, 7) is 1.25. The zero-order valence-corrected chi connectivity index (χ0v) is 15.7. The van der Waals surface area contributed by atoms with Crippen LogP contribution in [0.4, 0.5) is 0 Å². The Hall–Kier alpha value is -1.16. The van der Waals surface area contributed by atoms with Gasteiger partial charge in [-0.2, -0.15) is 0 Å². The zero-order valence-electron chi connectivity index (χ0n) is 13.3. The molecule has 1 fully saturated rings. The summed E-state index contributed by atoms with van der Waals surface area (Å²) in [5.74, 6) is -0.518. The third kappa shape index (κ3) is 4.47. The number of amides is 1. The van der Waals surface area contributed by atoms with Crippen molar-refractivity contribution < 1.29 is 21.6 Å². The lowest BCUT2D eigenvalue weighted by Crippen LogP contribution is -2.43. The fourth-order valence-electron chi connectivity index (χ4n) is 2.43. The lowest BCUT2D eigenvalue weighted by Gasteiger charge is -2.23. The number of nitrogens with one attached hydrogen (secondary N) is 1. The first-order valence-corrected chi connectivity index (χ1v) is 10.9. The lowest BCUT2D eigenvalue weighted by molar-refractivity contribution is -0.130. The second-order valence-corrected chi connectivity index (χ2v) is 10.2. The second kappa shape index (κ2) is 6.99. The molecule has 1 aromatic rings. The van der Waals surface area contributed by atoms with Crippen molar-refractivity contribution in [2.24, 2.45) is 0 Å². The molecule has 1 N–H and O–H groups in total. The van der Waals surface area contributed by atoms with Gasteiger partial charge < -0.3 is 4.90 Å². The van der Waals surface area contributed by atoms with Crippen LogP contribution in [0.2, 0.25) is 5.02 Å². The Morgan fingerprint density at radius 2 is 2.08 bits per heavy atom. The van der Waals surface area contributed by atoms with Gasteiger partial charge in [-0.05, 0) is 37.1 Å². The number of nitrogens with zero attached hydrogens (tertiary/aromatic N) is 1. The largest absolute Gasteiger partial charge is 0.341 e. The van der Waals surface area contributed by atoms with Crippen molar-refractivity contribution in [3.63, 3.8) is 0 Å². The van der Waals surface area contributed by atoms with Crippen molar-refractivity contribution in [3.05, 3.63) is 28.8 Å². The quantitative estimate of drug-likeness (QED) is 0.786. The van der Waals surface area contributed by atoms with Gasteiger partial charge in [0.2, 0.25) is 15.9 Å². The number of likely N-dealkylation sites (N-methyl/N-ethyl adjacent to an activating group) is 1. The Kier molecular flexibility index (Phi) is 5.58. The molecule has 1 aliphatic heterocycles. The molecule has 24 heavy (non-hydrogen) atoms. The molecule has 134 valence electrons. The van der Waals surface area contributed by atoms with Crippen LogP contribution in [-0.4, -0.2) is 58.8 Å². The number of rotatable bonds is 5. The molecule has 0 radical (unpaired) electrons. The third-order valence-corrected chi connectivity index (χ3v) is 7.58. The molecule has 0 aromatic heterocycles. The molecule has 1 aliphatic rings. The van der Waals surface area contributed by atoms with Crippen LogP contribution in [-0.2, 0) is 24.7 Å². The summed E-state index contributed by atoms with van der Waals surface area (Å²) >= 11 is 5.87. The van der Waals surface area contributed by atoms with Crippen LogP contribution < -0.4 is 4.72 Å². The van der Waals surface area contributed by atoms with Gasteiger partial charge >= 0.3 is 0 Å². The standard InChI is InChI=1S/C14H19ClN2O5S2/c1-10-7-12(3-4-13(10)15)24(21,22)16-8-14(18)17(2)11-5-6-23(19,20)9-11/h3-4,7,11,16H,5-6,8-9H2,1-2H3. The minimum atomic E-state index is -3.85. The highest BCUT2D eigenvalue weighted by molar-refractivity contribution is 7.91. The molecule has 0 aliphatic carbocycles. The first kappa shape index (κ1) is 19.2. The molecule has 2 rings (SSSR count). The van der Waals surface area contributed by atoms with E-state index in [0.717, 1.165) is 0 Å². The summed E-state index contributed by atoms with van der Waals surface area (Å²) < 4.78 is 49.6. The predicted molar refractivity (Wildman–Crippen MR) is 91.2 cm³/mol. The Balaban J connectivity index is 2.01. The summed E-state index contributed by atoms with van der Waals surface area (Å²) in [4.78, 5) is 13.4. The predicted octanol–water partition coefficient (Wildman–Crippen LogP) is 0.572. The summed E-state index contributed by atoms with van der Waals surface area (Å²) in [6, 6.07) is 3.84. The molecule has 1 aromatic carbocycles. The van der Waals surface area contributed by atoms with Crippen molar-refractivity contribution in [3.8, 4) is 0 Å². The topological polar surface area (TPSA) is 101 Å². The Morgan fingerprint density at radius 3 is 2.62 bits per heavy atom. The molecular weight excluding hydrogens is 376 g/mol. The zero-order chi connectivity index (χ0) is 18.1. The molecule has 0 saturated carbocycles. The number of carbonyl (C=O) groups is 1. The fourth-order valence-corrected chi connectivity index (χ4v) is 5.38. The van der Waals surface area contributed by atoms with Crippen molar-refractivity contribution in [2.75, 3.05) is 25.1 Å². The second-order valence-electron chi connectivity index (χ2n) is 5.80. The number of hydrogen-bond acceptors (Lipinski definition) is 5. The van der Waals surface area contributed by atoms with E-state index < -0.39 is 38.4 Å². The highest BCUT2D eigenvalue weighted by Gasteiger charge is 2.32. The number of sulfonamides is 1. The van der Waals surface area contributed by atoms with Gasteiger partial charge in [0.1, 0.15) is 0 Å². The van der Waals surface area contributed by atoms with Crippen LogP contribution in [0.25, 0.3) is 0 Å². The fraction of sp³-hybridized carbons (Fsp3) is 0.500. The van der Waals surface area contributed by atoms with Crippen LogP contribution in [0, 0.1) is 6.92 Å². The highest BCUT2D eigenvalue weighted by Crippen LogP contribution is 2.19. The SMILES string of the molecule is Cc1cc(S(=O)(=O)NCC(=O)N(C)C2CCS(=O)(=O)C2)ccc1Cl. The van der Waals surface area contributed by atoms with Crippen molar-refractivity contribution in [1.82, 2.24) is 9.62 Å². The monoisotopic (exact) mass is 394 g/mol. The molecule has 1 heterocycles. The summed E-state index contributed by atoms with van der Waals surface area (Å²) in [5, 5.41) is 0.451. The first-order valence-electron chi connectivity index (χ1n) is 7.24. The van der Waals surface area contributed by atoms with E-state index in [1.54, 1.807) is 6.92 Å². The van der Waals surface area contributed by atoms with Crippen LogP contribution in [0.3, 0.4) is 0 Å². The van der Waals surface area contributed by atoms with Crippen LogP contribution in [0.5, 0.6) is 0 Å². The van der Waals surface area contributed by atoms with Gasteiger partial charge in [-0.1, -0.05) is 11.6 Å². The number of carbonyl (C=O) groups excluding carboxylic acids is 1. The summed E-state index contributed by atoms with van der Waals surface area (Å²) in [6.07, 6.45) is 0.369. The smallest absolute Gasteiger partial charge is 0.241 e. The summed E-state index contributed by atoms with van der Waals surface area (Å²) in [7, 11) is -5.48. The van der Waals surface area contributed by atoms with Crippen LogP contribution >= 0.6 is 11.6 Å². The maximum Gasteiger partial charge on any atom is 0.241 e. The Morgan fingerprint density at radius 1 is 1.42 bits per heavy atom. The van der Waals surface area contributed by atoms with Gasteiger partial charge in [-0.15, -0.1) is 0 Å². The van der Waals surface area contributed by atoms with Gasteiger partial charge in [-0.3, -0.25) is 4.79 Å². The van der Waals surface area contributed by atoms with Crippen LogP contribution in [0.1, 0.15) is 12.0 Å². The number of hydrogen-bond donors (Lipinski definition) is 1. The van der Waals surface area contributed by atoms with Gasteiger partial charge in [0.25, 0.3) is 0 Å². The average Bonchev–Trinajstić information content (AvgIpc) is 2.87. The van der Waals surface area contributed by atoms with Gasteiger partial charge in [0, 0.05) is 18.1 Å². The van der Waals surface area contributed by atoms with Gasteiger partial charge in [0.15, 0.2) is 9.84 Å². The van der Waals surface area contributed by atoms with E-state index in [9.17, 15) is 21.6 Å². The lowest BCUT2D eigenvalue weighted by atomic mass is 10.2. The average molecular weight is 395 g/mol. The summed E-state index contributed by atoms with van der Waals surface area (Å²) in [5.41, 5.74) is 0.610. The molecule has 1 unspecified atom stereocenters. The Labute approximate surface area is 147 Å². The molecule has 1 saturated heterocycles. The molecule has 10 heteroatoms. The van der Waals surface area contributed by atoms with Crippen LogP contribution in [0.15, 0.2) is 23.1 Å². The number of aryl methyl sites for hydroxylation is 1. The van der Waals surface area contributed by atoms with Gasteiger partial charge in [0.05, 0.1) is 22.9 Å². The molecular formula is C14H19ClN2O5S2. The maximum atomic E-state index is 12.2. The first-order chi connectivity index (χ1) is 11.0. The van der Waals surface area contributed by atoms with Crippen molar-refractivity contribution >= 4 is 37.4 Å². The number of sulfone groups is 1. The third-order valence-electron chi connectivity index (χ3n) is 4.00. The van der Waals surface area contributed by atoms with E-state index in [1.165, 1.54) is 30.1 Å². The van der Waals surface area contributed by atoms with E-state index in [4.69, 9.17) is 11.6 Å². The number of benzene rings is 1. The minimum absolute atomic E-state index is 0.0169. The van der Waals surface area contributed by atoms with E-state index >= 15 is 0 Å². The molecule has 1 atom stereocenters. The maximum absolute atomic E-state index is 12.2. The van der Waals surface area contributed by atoms with Crippen molar-refractivity contribution in [2.45, 2.75) is 24.3 Å². The van der Waals surface area contributed by atoms with Gasteiger partial charge in [-0.25, -0.2) is 21.6 Å². The van der Waals surface area contributed by atoms with Crippen molar-refractivity contribution in [1.29, 1.82) is 0 Å². The van der Waals surface area contributed by atoms with E-state index in [1.807, 2.05) is 0 Å². The Bertz CT molecular complexity index is 852. The highest BCUT2D eigenvalue weighted by atomic mass is 35.5. The molecule has 7 nitrogen and oxygen atoms in total. The number of halogens is 1. The van der Waals surface area contributed by atoms with E-state index in [0.29, 0.717) is 17.0 Å². The molecule has 0 spiro atoms. The van der Waals surface area contributed by atoms with E-state index in [2.05, 4.69) is 4.72 Å². The van der Waals surface area contributed by atoms with E-state index in [-0.39, 0.29) is 16.4 Å².